The van der Waals surface area contributed by atoms with E-state index in [4.69, 9.17) is 39.0 Å². The highest BCUT2D eigenvalue weighted by atomic mass is 16.7. The van der Waals surface area contributed by atoms with Crippen molar-refractivity contribution in [3.05, 3.63) is 23.8 Å². The first-order valence-corrected chi connectivity index (χ1v) is 7.27. The van der Waals surface area contributed by atoms with Gasteiger partial charge in [-0.1, -0.05) is 0 Å². The molecule has 1 rings (SSSR count). The minimum absolute atomic E-state index is 0.115. The molecule has 1 aromatic rings. The number of hydrogen-bond acceptors (Lipinski definition) is 9. The third-order valence-electron chi connectivity index (χ3n) is 2.53. The highest BCUT2D eigenvalue weighted by molar-refractivity contribution is 5.90. The van der Waals surface area contributed by atoms with Gasteiger partial charge in [-0.3, -0.25) is 0 Å². The van der Waals surface area contributed by atoms with Gasteiger partial charge in [0.05, 0.1) is 38.6 Å². The van der Waals surface area contributed by atoms with Gasteiger partial charge in [0, 0.05) is 6.07 Å². The van der Waals surface area contributed by atoms with Crippen molar-refractivity contribution < 1.29 is 43.8 Å². The monoisotopic (exact) mass is 346 g/mol. The molecule has 24 heavy (non-hydrogen) atoms. The fourth-order valence-electron chi connectivity index (χ4n) is 1.54. The molecule has 0 fully saturated rings. The molecule has 0 heterocycles. The summed E-state index contributed by atoms with van der Waals surface area (Å²) in [5.41, 5.74) is 0.167. The molecular weight excluding hydrogens is 324 g/mol. The summed E-state index contributed by atoms with van der Waals surface area (Å²) in [5, 5.41) is 26.0. The van der Waals surface area contributed by atoms with Crippen LogP contribution in [0.15, 0.2) is 18.2 Å². The number of carbonyl (C=O) groups is 1. The lowest BCUT2D eigenvalue weighted by molar-refractivity contribution is -0.00475. The van der Waals surface area contributed by atoms with Crippen LogP contribution in [0.2, 0.25) is 0 Å². The topological polar surface area (TPSA) is 124 Å². The van der Waals surface area contributed by atoms with Crippen molar-refractivity contribution >= 4 is 5.97 Å². The largest absolute Gasteiger partial charge is 0.467 e. The Bertz CT molecular complexity index is 448. The van der Waals surface area contributed by atoms with Gasteiger partial charge in [0.1, 0.15) is 18.1 Å². The summed E-state index contributed by atoms with van der Waals surface area (Å²) in [5.74, 6) is -0.0565. The molecule has 0 radical (unpaired) electrons. The third-order valence-corrected chi connectivity index (χ3v) is 2.53. The molecule has 136 valence electrons. The molecule has 0 unspecified atom stereocenters. The Morgan fingerprint density at radius 1 is 0.792 bits per heavy atom. The van der Waals surface area contributed by atoms with Gasteiger partial charge in [-0.2, -0.15) is 0 Å². The van der Waals surface area contributed by atoms with E-state index in [0.29, 0.717) is 11.5 Å². The fourth-order valence-corrected chi connectivity index (χ4v) is 1.54. The minimum Gasteiger partial charge on any atom is -0.467 e. The molecule has 0 bridgehead atoms. The number of aliphatic hydroxyl groups is 3. The normalized spacial score (nSPS) is 10.5. The minimum atomic E-state index is -0.646. The van der Waals surface area contributed by atoms with E-state index in [1.54, 1.807) is 0 Å². The summed E-state index contributed by atoms with van der Waals surface area (Å²) in [6.45, 7) is -0.658. The Morgan fingerprint density at radius 3 is 1.75 bits per heavy atom. The van der Waals surface area contributed by atoms with Crippen LogP contribution in [0.5, 0.6) is 11.5 Å². The SMILES string of the molecule is O=C(OCCO)c1cc(OCOCCO)cc(OCOCCO)c1. The smallest absolute Gasteiger partial charge is 0.338 e. The van der Waals surface area contributed by atoms with Crippen molar-refractivity contribution in [3.8, 4) is 11.5 Å². The van der Waals surface area contributed by atoms with Crippen LogP contribution in [-0.2, 0) is 14.2 Å². The van der Waals surface area contributed by atoms with Crippen molar-refractivity contribution in [2.75, 3.05) is 53.2 Å². The summed E-state index contributed by atoms with van der Waals surface area (Å²) in [6.07, 6.45) is 0. The second kappa shape index (κ2) is 12.5. The number of hydrogen-bond donors (Lipinski definition) is 3. The van der Waals surface area contributed by atoms with Crippen LogP contribution < -0.4 is 9.47 Å². The fraction of sp³-hybridized carbons (Fsp3) is 0.533. The van der Waals surface area contributed by atoms with Crippen molar-refractivity contribution in [1.82, 2.24) is 0 Å². The maximum Gasteiger partial charge on any atom is 0.338 e. The Morgan fingerprint density at radius 2 is 1.29 bits per heavy atom. The van der Waals surface area contributed by atoms with E-state index in [9.17, 15) is 4.79 Å². The third kappa shape index (κ3) is 8.09. The molecule has 9 heteroatoms. The summed E-state index contributed by atoms with van der Waals surface area (Å²) in [7, 11) is 0. The number of carbonyl (C=O) groups excluding carboxylic acids is 1. The molecule has 0 amide bonds. The van der Waals surface area contributed by atoms with Crippen LogP contribution in [0.3, 0.4) is 0 Å². The molecule has 0 atom stereocenters. The molecule has 0 aliphatic rings. The van der Waals surface area contributed by atoms with Crippen LogP contribution in [-0.4, -0.2) is 74.5 Å². The number of esters is 1. The quantitative estimate of drug-likeness (QED) is 0.247. The summed E-state index contributed by atoms with van der Waals surface area (Å²) < 4.78 is 25.5. The Hall–Kier alpha value is -1.91. The maximum atomic E-state index is 11.9. The highest BCUT2D eigenvalue weighted by Gasteiger charge is 2.12. The van der Waals surface area contributed by atoms with Gasteiger partial charge in [-0.25, -0.2) is 4.79 Å². The molecule has 0 saturated carbocycles. The van der Waals surface area contributed by atoms with E-state index in [0.717, 1.165) is 0 Å². The van der Waals surface area contributed by atoms with Crippen molar-refractivity contribution in [2.24, 2.45) is 0 Å². The summed E-state index contributed by atoms with van der Waals surface area (Å²) in [4.78, 5) is 11.9. The molecule has 0 saturated heterocycles. The lowest BCUT2D eigenvalue weighted by Gasteiger charge is -2.12. The van der Waals surface area contributed by atoms with Crippen LogP contribution >= 0.6 is 0 Å². The predicted molar refractivity (Wildman–Crippen MR) is 80.9 cm³/mol. The summed E-state index contributed by atoms with van der Waals surface area (Å²) >= 11 is 0. The lowest BCUT2D eigenvalue weighted by atomic mass is 10.2. The highest BCUT2D eigenvalue weighted by Crippen LogP contribution is 2.24. The van der Waals surface area contributed by atoms with Gasteiger partial charge in [0.15, 0.2) is 13.6 Å². The molecule has 9 nitrogen and oxygen atoms in total. The predicted octanol–water partition coefficient (Wildman–Crippen LogP) is -0.474. The number of rotatable bonds is 13. The molecule has 1 aromatic carbocycles. The molecule has 0 aromatic heterocycles. The first kappa shape index (κ1) is 20.1. The van der Waals surface area contributed by atoms with Gasteiger partial charge in [-0.05, 0) is 12.1 Å². The van der Waals surface area contributed by atoms with Crippen molar-refractivity contribution in [2.45, 2.75) is 0 Å². The Labute approximate surface area is 139 Å². The molecule has 0 aliphatic carbocycles. The van der Waals surface area contributed by atoms with E-state index in [1.807, 2.05) is 0 Å². The average molecular weight is 346 g/mol. The van der Waals surface area contributed by atoms with Gasteiger partial charge >= 0.3 is 5.97 Å². The Kier molecular flexibility index (Phi) is 10.5. The van der Waals surface area contributed by atoms with Crippen LogP contribution in [0, 0.1) is 0 Å². The van der Waals surface area contributed by atoms with Crippen LogP contribution in [0.25, 0.3) is 0 Å². The second-order valence-electron chi connectivity index (χ2n) is 4.34. The van der Waals surface area contributed by atoms with Crippen molar-refractivity contribution in [1.29, 1.82) is 0 Å². The van der Waals surface area contributed by atoms with Gasteiger partial charge in [0.25, 0.3) is 0 Å². The van der Waals surface area contributed by atoms with Crippen LogP contribution in [0.4, 0.5) is 0 Å². The Balaban J connectivity index is 2.73. The van der Waals surface area contributed by atoms with E-state index in [-0.39, 0.29) is 58.8 Å². The first-order chi connectivity index (χ1) is 11.7. The maximum absolute atomic E-state index is 11.9. The molecule has 0 aliphatic heterocycles. The van der Waals surface area contributed by atoms with Gasteiger partial charge in [-0.15, -0.1) is 0 Å². The number of ether oxygens (including phenoxy) is 5. The van der Waals surface area contributed by atoms with E-state index >= 15 is 0 Å². The molecule has 0 spiro atoms. The zero-order valence-corrected chi connectivity index (χ0v) is 13.2. The first-order valence-electron chi connectivity index (χ1n) is 7.27. The van der Waals surface area contributed by atoms with Crippen LogP contribution in [0.1, 0.15) is 10.4 Å². The van der Waals surface area contributed by atoms with Crippen molar-refractivity contribution in [3.63, 3.8) is 0 Å². The van der Waals surface area contributed by atoms with Gasteiger partial charge < -0.3 is 39.0 Å². The van der Waals surface area contributed by atoms with E-state index in [1.165, 1.54) is 18.2 Å². The van der Waals surface area contributed by atoms with E-state index in [2.05, 4.69) is 0 Å². The number of benzene rings is 1. The van der Waals surface area contributed by atoms with Gasteiger partial charge in [0.2, 0.25) is 0 Å². The standard InChI is InChI=1S/C15H22O9/c16-1-4-20-10-23-13-7-12(15(19)22-6-3-18)8-14(9-13)24-11-21-5-2-17/h7-9,16-18H,1-6,10-11H2. The number of aliphatic hydroxyl groups excluding tert-OH is 3. The lowest BCUT2D eigenvalue weighted by Crippen LogP contribution is -2.11. The zero-order valence-electron chi connectivity index (χ0n) is 13.2. The zero-order chi connectivity index (χ0) is 17.6. The molecular formula is C15H22O9. The average Bonchev–Trinajstić information content (AvgIpc) is 2.60. The second-order valence-corrected chi connectivity index (χ2v) is 4.34. The van der Waals surface area contributed by atoms with E-state index < -0.39 is 5.97 Å². The molecule has 3 N–H and O–H groups in total. The summed E-state index contributed by atoms with van der Waals surface area (Å²) in [6, 6.07) is 4.39.